The summed E-state index contributed by atoms with van der Waals surface area (Å²) in [6, 6.07) is 2.67. The minimum Gasteiger partial charge on any atom is -0.494 e. The van der Waals surface area contributed by atoms with Gasteiger partial charge in [0.1, 0.15) is 17.1 Å². The van der Waals surface area contributed by atoms with Crippen LogP contribution in [0.3, 0.4) is 0 Å². The van der Waals surface area contributed by atoms with Crippen molar-refractivity contribution in [3.8, 4) is 5.75 Å². The molecule has 10 nitrogen and oxygen atoms in total. The number of piperidine rings is 1. The molecule has 2 fully saturated rings. The zero-order valence-corrected chi connectivity index (χ0v) is 19.0. The highest BCUT2D eigenvalue weighted by Gasteiger charge is 2.35. The first-order valence-corrected chi connectivity index (χ1v) is 11.6. The highest BCUT2D eigenvalue weighted by molar-refractivity contribution is 5.95. The van der Waals surface area contributed by atoms with E-state index in [-0.39, 0.29) is 11.9 Å². The Morgan fingerprint density at radius 2 is 2.12 bits per heavy atom. The Balaban J connectivity index is 1.30. The first-order valence-electron chi connectivity index (χ1n) is 11.6. The lowest BCUT2D eigenvalue weighted by atomic mass is 9.80. The summed E-state index contributed by atoms with van der Waals surface area (Å²) in [4.78, 5) is 11.4. The molecule has 0 radical (unpaired) electrons. The minimum atomic E-state index is -0.618. The molecule has 34 heavy (non-hydrogen) atoms. The molecule has 178 valence electrons. The maximum absolute atomic E-state index is 14.2. The summed E-state index contributed by atoms with van der Waals surface area (Å²) in [7, 11) is 1.47. The number of halogens is 1. The fraction of sp³-hybridized carbons (Fsp3) is 0.478. The number of hydrogen-bond donors (Lipinski definition) is 2. The van der Waals surface area contributed by atoms with Crippen molar-refractivity contribution in [2.75, 3.05) is 30.8 Å². The molecule has 0 bridgehead atoms. The number of methoxy groups -OCH3 is 1. The third-order valence-corrected chi connectivity index (χ3v) is 7.08. The number of rotatable bonds is 5. The van der Waals surface area contributed by atoms with E-state index in [1.165, 1.54) is 23.8 Å². The number of nitrogens with zero attached hydrogens (tertiary/aromatic N) is 7. The van der Waals surface area contributed by atoms with E-state index in [0.717, 1.165) is 50.9 Å². The van der Waals surface area contributed by atoms with Gasteiger partial charge in [0.15, 0.2) is 11.5 Å². The van der Waals surface area contributed by atoms with Gasteiger partial charge in [-0.25, -0.2) is 14.4 Å². The number of nitrogens with two attached hydrogens (primary N) is 1. The summed E-state index contributed by atoms with van der Waals surface area (Å²) < 4.78 is 22.8. The van der Waals surface area contributed by atoms with Crippen LogP contribution in [0.4, 0.5) is 16.0 Å². The molecule has 1 saturated heterocycles. The Bertz CT molecular complexity index is 1380. The molecular formula is C23H27FN8O2. The van der Waals surface area contributed by atoms with E-state index in [1.807, 2.05) is 17.1 Å². The van der Waals surface area contributed by atoms with Gasteiger partial charge in [-0.1, -0.05) is 0 Å². The standard InChI is InChI=1S/C23H27FN8O2/c1-34-18-9-15(24)8-17-19(18)27-22(25)32-21(17)28-20(29-32)14-4-2-7-30(11-14)16-10-26-31(12-16)13-23(33)5-3-6-23/h8-10,12,14,33H,2-7,11,13H2,1H3,(H2,25,27)/t14-/m1/s1. The number of aromatic nitrogens is 6. The number of hydrogen-bond acceptors (Lipinski definition) is 8. The van der Waals surface area contributed by atoms with Crippen LogP contribution < -0.4 is 15.4 Å². The van der Waals surface area contributed by atoms with Crippen molar-refractivity contribution in [2.24, 2.45) is 0 Å². The quantitative estimate of drug-likeness (QED) is 0.460. The molecular weight excluding hydrogens is 439 g/mol. The fourth-order valence-electron chi connectivity index (χ4n) is 5.08. The third-order valence-electron chi connectivity index (χ3n) is 7.08. The van der Waals surface area contributed by atoms with Gasteiger partial charge in [-0.2, -0.15) is 9.61 Å². The number of benzene rings is 1. The van der Waals surface area contributed by atoms with Crippen molar-refractivity contribution < 1.29 is 14.2 Å². The van der Waals surface area contributed by atoms with Crippen LogP contribution in [0.1, 0.15) is 43.8 Å². The summed E-state index contributed by atoms with van der Waals surface area (Å²) in [5.74, 6) is 0.785. The van der Waals surface area contributed by atoms with E-state index < -0.39 is 11.4 Å². The van der Waals surface area contributed by atoms with Crippen LogP contribution in [-0.2, 0) is 6.54 Å². The fourth-order valence-corrected chi connectivity index (χ4v) is 5.08. The van der Waals surface area contributed by atoms with Gasteiger partial charge in [0.25, 0.3) is 0 Å². The molecule has 1 aliphatic carbocycles. The lowest BCUT2D eigenvalue weighted by molar-refractivity contribution is -0.0498. The third kappa shape index (κ3) is 3.51. The largest absolute Gasteiger partial charge is 0.494 e. The van der Waals surface area contributed by atoms with Crippen LogP contribution in [0.25, 0.3) is 16.6 Å². The predicted octanol–water partition coefficient (Wildman–Crippen LogP) is 2.50. The second-order valence-corrected chi connectivity index (χ2v) is 9.44. The highest BCUT2D eigenvalue weighted by Crippen LogP contribution is 2.34. The van der Waals surface area contributed by atoms with Crippen molar-refractivity contribution in [3.63, 3.8) is 0 Å². The summed E-state index contributed by atoms with van der Waals surface area (Å²) in [6.45, 7) is 2.17. The van der Waals surface area contributed by atoms with Crippen molar-refractivity contribution in [3.05, 3.63) is 36.2 Å². The Hall–Kier alpha value is -3.47. The monoisotopic (exact) mass is 466 g/mol. The molecule has 4 aromatic rings. The maximum Gasteiger partial charge on any atom is 0.223 e. The summed E-state index contributed by atoms with van der Waals surface area (Å²) in [5, 5.41) is 20.1. The summed E-state index contributed by atoms with van der Waals surface area (Å²) in [5.41, 5.74) is 7.50. The van der Waals surface area contributed by atoms with Crippen LogP contribution >= 0.6 is 0 Å². The lowest BCUT2D eigenvalue weighted by Gasteiger charge is -2.36. The van der Waals surface area contributed by atoms with Gasteiger partial charge < -0.3 is 20.5 Å². The number of ether oxygens (including phenoxy) is 1. The van der Waals surface area contributed by atoms with Gasteiger partial charge in [0.05, 0.1) is 36.5 Å². The molecule has 1 atom stereocenters. The SMILES string of the molecule is COc1cc(F)cc2c1nc(N)n1nc([C@@H]3CCCN(c4cnn(CC5(O)CCC5)c4)C3)nc21. The van der Waals surface area contributed by atoms with Crippen LogP contribution in [-0.4, -0.2) is 60.3 Å². The van der Waals surface area contributed by atoms with Crippen molar-refractivity contribution in [2.45, 2.75) is 50.2 Å². The Morgan fingerprint density at radius 3 is 2.88 bits per heavy atom. The van der Waals surface area contributed by atoms with E-state index in [4.69, 9.17) is 15.5 Å². The number of anilines is 2. The van der Waals surface area contributed by atoms with Gasteiger partial charge >= 0.3 is 0 Å². The predicted molar refractivity (Wildman–Crippen MR) is 124 cm³/mol. The van der Waals surface area contributed by atoms with E-state index in [0.29, 0.717) is 34.7 Å². The first kappa shape index (κ1) is 21.1. The van der Waals surface area contributed by atoms with E-state index >= 15 is 0 Å². The first-order chi connectivity index (χ1) is 16.4. The molecule has 0 amide bonds. The van der Waals surface area contributed by atoms with Gasteiger partial charge in [-0.3, -0.25) is 4.68 Å². The summed E-state index contributed by atoms with van der Waals surface area (Å²) >= 11 is 0. The van der Waals surface area contributed by atoms with E-state index in [2.05, 4.69) is 20.1 Å². The molecule has 4 heterocycles. The van der Waals surface area contributed by atoms with E-state index in [9.17, 15) is 9.50 Å². The molecule has 0 unspecified atom stereocenters. The molecule has 11 heteroatoms. The second kappa shape index (κ2) is 7.79. The molecule has 2 aliphatic rings. The molecule has 3 aromatic heterocycles. The highest BCUT2D eigenvalue weighted by atomic mass is 19.1. The smallest absolute Gasteiger partial charge is 0.223 e. The van der Waals surface area contributed by atoms with Gasteiger partial charge in [0.2, 0.25) is 5.95 Å². The maximum atomic E-state index is 14.2. The molecule has 6 rings (SSSR count). The zero-order chi connectivity index (χ0) is 23.4. The molecule has 0 spiro atoms. The topological polar surface area (TPSA) is 120 Å². The minimum absolute atomic E-state index is 0.0812. The molecule has 3 N–H and O–H groups in total. The van der Waals surface area contributed by atoms with E-state index in [1.54, 1.807) is 0 Å². The van der Waals surface area contributed by atoms with Crippen LogP contribution in [0.2, 0.25) is 0 Å². The van der Waals surface area contributed by atoms with Gasteiger partial charge in [-0.05, 0) is 38.2 Å². The van der Waals surface area contributed by atoms with Crippen molar-refractivity contribution in [1.29, 1.82) is 0 Å². The zero-order valence-electron chi connectivity index (χ0n) is 19.0. The van der Waals surface area contributed by atoms with Gasteiger partial charge in [0, 0.05) is 31.3 Å². The average Bonchev–Trinajstić information content (AvgIpc) is 3.46. The summed E-state index contributed by atoms with van der Waals surface area (Å²) in [6.07, 6.45) is 8.49. The van der Waals surface area contributed by atoms with Crippen molar-refractivity contribution >= 4 is 28.2 Å². The lowest BCUT2D eigenvalue weighted by Crippen LogP contribution is -2.41. The van der Waals surface area contributed by atoms with Crippen LogP contribution in [0.15, 0.2) is 24.5 Å². The van der Waals surface area contributed by atoms with Gasteiger partial charge in [-0.15, -0.1) is 5.10 Å². The average molecular weight is 467 g/mol. The normalized spacial score (nSPS) is 20.1. The Kier molecular flexibility index (Phi) is 4.83. The van der Waals surface area contributed by atoms with Crippen LogP contribution in [0.5, 0.6) is 5.75 Å². The molecule has 1 saturated carbocycles. The molecule has 1 aliphatic heterocycles. The van der Waals surface area contributed by atoms with Crippen molar-refractivity contribution in [1.82, 2.24) is 29.4 Å². The number of nitrogen functional groups attached to an aromatic ring is 1. The number of aliphatic hydroxyl groups is 1. The second-order valence-electron chi connectivity index (χ2n) is 9.44. The number of fused-ring (bicyclic) bond motifs is 3. The Morgan fingerprint density at radius 1 is 1.26 bits per heavy atom. The van der Waals surface area contributed by atoms with Crippen LogP contribution in [0, 0.1) is 5.82 Å². The molecule has 1 aromatic carbocycles. The Labute approximate surface area is 195 Å².